The van der Waals surface area contributed by atoms with E-state index in [1.54, 1.807) is 11.9 Å². The van der Waals surface area contributed by atoms with Gasteiger partial charge in [-0.2, -0.15) is 0 Å². The zero-order valence-electron chi connectivity index (χ0n) is 11.7. The third kappa shape index (κ3) is 3.22. The number of benzene rings is 1. The fourth-order valence-corrected chi connectivity index (χ4v) is 2.13. The smallest absolute Gasteiger partial charge is 0.253 e. The maximum absolute atomic E-state index is 12.3. The van der Waals surface area contributed by atoms with Gasteiger partial charge in [-0.05, 0) is 32.9 Å². The van der Waals surface area contributed by atoms with Crippen LogP contribution in [0.25, 0.3) is 0 Å². The number of aryl methyl sites for hydroxylation is 3. The zero-order valence-corrected chi connectivity index (χ0v) is 11.7. The lowest BCUT2D eigenvalue weighted by molar-refractivity contribution is 0.0782. The van der Waals surface area contributed by atoms with E-state index in [-0.39, 0.29) is 5.91 Å². The van der Waals surface area contributed by atoms with Crippen LogP contribution in [0.2, 0.25) is 0 Å². The Morgan fingerprint density at radius 3 is 2.32 bits per heavy atom. The summed E-state index contributed by atoms with van der Waals surface area (Å²) in [4.78, 5) is 14.0. The molecule has 0 fully saturated rings. The number of rotatable bonds is 3. The quantitative estimate of drug-likeness (QED) is 0.850. The van der Waals surface area contributed by atoms with Crippen LogP contribution in [0.4, 0.5) is 0 Å². The molecule has 1 heterocycles. The first-order valence-electron chi connectivity index (χ1n) is 6.21. The van der Waals surface area contributed by atoms with Gasteiger partial charge in [-0.3, -0.25) is 4.79 Å². The summed E-state index contributed by atoms with van der Waals surface area (Å²) < 4.78 is 5.00. The van der Waals surface area contributed by atoms with E-state index in [1.807, 2.05) is 39.0 Å². The van der Waals surface area contributed by atoms with Crippen LogP contribution in [-0.4, -0.2) is 23.0 Å². The van der Waals surface area contributed by atoms with E-state index in [4.69, 9.17) is 4.52 Å². The lowest BCUT2D eigenvalue weighted by Gasteiger charge is -2.16. The van der Waals surface area contributed by atoms with Crippen LogP contribution in [0, 0.1) is 20.8 Å². The van der Waals surface area contributed by atoms with Gasteiger partial charge in [0.1, 0.15) is 11.5 Å². The Kier molecular flexibility index (Phi) is 3.69. The van der Waals surface area contributed by atoms with Gasteiger partial charge in [0.05, 0.1) is 6.54 Å². The molecule has 0 saturated heterocycles. The second-order valence-corrected chi connectivity index (χ2v) is 4.97. The number of amides is 1. The Bertz CT molecular complexity index is 582. The fourth-order valence-electron chi connectivity index (χ4n) is 2.13. The van der Waals surface area contributed by atoms with Crippen LogP contribution >= 0.6 is 0 Å². The number of carbonyl (C=O) groups excluding carboxylic acids is 1. The third-order valence-electron chi connectivity index (χ3n) is 2.89. The topological polar surface area (TPSA) is 46.3 Å². The molecule has 0 spiro atoms. The molecular weight excluding hydrogens is 240 g/mol. The first-order chi connectivity index (χ1) is 8.95. The van der Waals surface area contributed by atoms with Crippen LogP contribution in [-0.2, 0) is 6.54 Å². The van der Waals surface area contributed by atoms with Gasteiger partial charge in [-0.1, -0.05) is 22.3 Å². The normalized spacial score (nSPS) is 10.5. The molecule has 0 atom stereocenters. The van der Waals surface area contributed by atoms with E-state index in [9.17, 15) is 4.79 Å². The van der Waals surface area contributed by atoms with E-state index in [0.717, 1.165) is 22.6 Å². The van der Waals surface area contributed by atoms with Gasteiger partial charge in [-0.15, -0.1) is 0 Å². The molecule has 1 aromatic carbocycles. The van der Waals surface area contributed by atoms with Crippen molar-refractivity contribution in [1.82, 2.24) is 10.1 Å². The molecule has 4 heteroatoms. The molecule has 1 amide bonds. The minimum absolute atomic E-state index is 0.00699. The van der Waals surface area contributed by atoms with Crippen molar-refractivity contribution in [2.45, 2.75) is 27.3 Å². The van der Waals surface area contributed by atoms with Crippen molar-refractivity contribution in [3.05, 3.63) is 52.4 Å². The van der Waals surface area contributed by atoms with Crippen molar-refractivity contribution >= 4 is 5.91 Å². The van der Waals surface area contributed by atoms with E-state index < -0.39 is 0 Å². The SMILES string of the molecule is Cc1cc(C)cc(C(=O)N(C)Cc2cc(C)on2)c1. The summed E-state index contributed by atoms with van der Waals surface area (Å²) in [5.41, 5.74) is 3.65. The summed E-state index contributed by atoms with van der Waals surface area (Å²) >= 11 is 0. The van der Waals surface area contributed by atoms with Crippen molar-refractivity contribution in [3.63, 3.8) is 0 Å². The highest BCUT2D eigenvalue weighted by molar-refractivity contribution is 5.94. The molecule has 1 aromatic heterocycles. The molecule has 2 aromatic rings. The number of nitrogens with zero attached hydrogens (tertiary/aromatic N) is 2. The van der Waals surface area contributed by atoms with Gasteiger partial charge < -0.3 is 9.42 Å². The van der Waals surface area contributed by atoms with Crippen LogP contribution in [0.15, 0.2) is 28.8 Å². The van der Waals surface area contributed by atoms with E-state index in [0.29, 0.717) is 12.1 Å². The zero-order chi connectivity index (χ0) is 14.0. The van der Waals surface area contributed by atoms with Gasteiger partial charge in [0.2, 0.25) is 0 Å². The van der Waals surface area contributed by atoms with E-state index in [1.165, 1.54) is 0 Å². The van der Waals surface area contributed by atoms with Crippen LogP contribution in [0.1, 0.15) is 32.9 Å². The molecule has 100 valence electrons. The number of hydrogen-bond acceptors (Lipinski definition) is 3. The molecule has 4 nitrogen and oxygen atoms in total. The van der Waals surface area contributed by atoms with Crippen LogP contribution < -0.4 is 0 Å². The molecule has 0 aliphatic rings. The van der Waals surface area contributed by atoms with Gasteiger partial charge in [0.25, 0.3) is 5.91 Å². The van der Waals surface area contributed by atoms with Crippen molar-refractivity contribution in [1.29, 1.82) is 0 Å². The maximum Gasteiger partial charge on any atom is 0.253 e. The molecule has 0 saturated carbocycles. The molecule has 0 radical (unpaired) electrons. The van der Waals surface area contributed by atoms with Crippen molar-refractivity contribution in [3.8, 4) is 0 Å². The van der Waals surface area contributed by atoms with Crippen molar-refractivity contribution in [2.24, 2.45) is 0 Å². The first kappa shape index (κ1) is 13.3. The molecular formula is C15H18N2O2. The van der Waals surface area contributed by atoms with Gasteiger partial charge >= 0.3 is 0 Å². The Labute approximate surface area is 113 Å². The van der Waals surface area contributed by atoms with Crippen LogP contribution in [0.3, 0.4) is 0 Å². The highest BCUT2D eigenvalue weighted by atomic mass is 16.5. The van der Waals surface area contributed by atoms with E-state index in [2.05, 4.69) is 11.2 Å². The Morgan fingerprint density at radius 1 is 1.16 bits per heavy atom. The number of hydrogen-bond donors (Lipinski definition) is 0. The molecule has 0 bridgehead atoms. The average molecular weight is 258 g/mol. The maximum atomic E-state index is 12.3. The number of aromatic nitrogens is 1. The molecule has 0 aliphatic heterocycles. The summed E-state index contributed by atoms with van der Waals surface area (Å²) in [7, 11) is 1.77. The number of carbonyl (C=O) groups is 1. The van der Waals surface area contributed by atoms with Crippen molar-refractivity contribution < 1.29 is 9.32 Å². The lowest BCUT2D eigenvalue weighted by Crippen LogP contribution is -2.26. The largest absolute Gasteiger partial charge is 0.361 e. The van der Waals surface area contributed by atoms with Gasteiger partial charge in [0, 0.05) is 18.7 Å². The van der Waals surface area contributed by atoms with Crippen LogP contribution in [0.5, 0.6) is 0 Å². The summed E-state index contributed by atoms with van der Waals surface area (Å²) in [6.45, 7) is 6.26. The van der Waals surface area contributed by atoms with Gasteiger partial charge in [0.15, 0.2) is 0 Å². The Hall–Kier alpha value is -2.10. The fraction of sp³-hybridized carbons (Fsp3) is 0.333. The predicted molar refractivity (Wildman–Crippen MR) is 73.0 cm³/mol. The average Bonchev–Trinajstić information content (AvgIpc) is 2.72. The summed E-state index contributed by atoms with van der Waals surface area (Å²) in [6.07, 6.45) is 0. The monoisotopic (exact) mass is 258 g/mol. The minimum atomic E-state index is -0.00699. The van der Waals surface area contributed by atoms with Crippen molar-refractivity contribution in [2.75, 3.05) is 7.05 Å². The second kappa shape index (κ2) is 5.26. The summed E-state index contributed by atoms with van der Waals surface area (Å²) in [6, 6.07) is 7.70. The van der Waals surface area contributed by atoms with E-state index >= 15 is 0 Å². The van der Waals surface area contributed by atoms with Gasteiger partial charge in [-0.25, -0.2) is 0 Å². The molecule has 0 unspecified atom stereocenters. The highest BCUT2D eigenvalue weighted by Gasteiger charge is 2.14. The lowest BCUT2D eigenvalue weighted by atomic mass is 10.1. The Morgan fingerprint density at radius 2 is 1.79 bits per heavy atom. The molecule has 0 N–H and O–H groups in total. The minimum Gasteiger partial charge on any atom is -0.361 e. The Balaban J connectivity index is 2.14. The summed E-state index contributed by atoms with van der Waals surface area (Å²) in [5, 5.41) is 3.90. The molecule has 0 aliphatic carbocycles. The first-order valence-corrected chi connectivity index (χ1v) is 6.21. The molecule has 19 heavy (non-hydrogen) atoms. The third-order valence-corrected chi connectivity index (χ3v) is 2.89. The highest BCUT2D eigenvalue weighted by Crippen LogP contribution is 2.12. The predicted octanol–water partition coefficient (Wildman–Crippen LogP) is 2.87. The summed E-state index contributed by atoms with van der Waals surface area (Å²) in [5.74, 6) is 0.745. The second-order valence-electron chi connectivity index (χ2n) is 4.97. The molecule has 2 rings (SSSR count). The standard InChI is InChI=1S/C15H18N2O2/c1-10-5-11(2)7-13(6-10)15(18)17(4)9-14-8-12(3)19-16-14/h5-8H,9H2,1-4H3.